The highest BCUT2D eigenvalue weighted by atomic mass is 127. The molecule has 0 aliphatic rings. The van der Waals surface area contributed by atoms with Crippen LogP contribution in [-0.4, -0.2) is 53.5 Å². The van der Waals surface area contributed by atoms with E-state index in [0.29, 0.717) is 25.3 Å². The molecule has 0 unspecified atom stereocenters. The Kier molecular flexibility index (Phi) is 8.97. The van der Waals surface area contributed by atoms with Gasteiger partial charge in [-0.05, 0) is 30.2 Å². The van der Waals surface area contributed by atoms with Crippen molar-refractivity contribution in [3.8, 4) is 17.2 Å². The number of aliphatic imine (C=N–C) groups is 1. The summed E-state index contributed by atoms with van der Waals surface area (Å²) in [6.07, 6.45) is 4.56. The van der Waals surface area contributed by atoms with Crippen LogP contribution in [0.2, 0.25) is 0 Å². The van der Waals surface area contributed by atoms with Gasteiger partial charge in [-0.2, -0.15) is 5.10 Å². The standard InChI is InChI=1S/C22H27N5O2.HI/c1-23-22(24-12-11-18-9-10-20(29-3)13-21(18)28)26(2)15-17-14-25-27(16-17)19-7-5-4-6-8-19;/h4-10,13-14,16,28H,11-12,15H2,1-3H3,(H,23,24);1H. The molecule has 0 atom stereocenters. The van der Waals surface area contributed by atoms with E-state index in [4.69, 9.17) is 4.74 Å². The van der Waals surface area contributed by atoms with E-state index in [0.717, 1.165) is 22.8 Å². The van der Waals surface area contributed by atoms with Crippen LogP contribution < -0.4 is 10.1 Å². The number of para-hydroxylation sites is 1. The first-order valence-electron chi connectivity index (χ1n) is 9.47. The fraction of sp³-hybridized carbons (Fsp3) is 0.273. The Morgan fingerprint density at radius 2 is 2.00 bits per heavy atom. The molecule has 8 heteroatoms. The van der Waals surface area contributed by atoms with E-state index in [1.54, 1.807) is 20.2 Å². The van der Waals surface area contributed by atoms with Crippen molar-refractivity contribution < 1.29 is 9.84 Å². The van der Waals surface area contributed by atoms with Gasteiger partial charge in [0, 0.05) is 45.0 Å². The number of aromatic hydroxyl groups is 1. The van der Waals surface area contributed by atoms with E-state index in [-0.39, 0.29) is 29.7 Å². The quantitative estimate of drug-likeness (QED) is 0.283. The highest BCUT2D eigenvalue weighted by Crippen LogP contribution is 2.23. The molecule has 3 rings (SSSR count). The van der Waals surface area contributed by atoms with Crippen molar-refractivity contribution >= 4 is 29.9 Å². The van der Waals surface area contributed by atoms with Gasteiger partial charge in [-0.25, -0.2) is 4.68 Å². The summed E-state index contributed by atoms with van der Waals surface area (Å²) in [7, 11) is 5.33. The van der Waals surface area contributed by atoms with Crippen LogP contribution in [0.25, 0.3) is 5.69 Å². The molecule has 3 aromatic rings. The van der Waals surface area contributed by atoms with Crippen molar-refractivity contribution in [1.29, 1.82) is 0 Å². The summed E-state index contributed by atoms with van der Waals surface area (Å²) in [5, 5.41) is 17.9. The molecule has 0 bridgehead atoms. The molecular formula is C22H28IN5O2. The average molecular weight is 521 g/mol. The van der Waals surface area contributed by atoms with Crippen molar-refractivity contribution in [1.82, 2.24) is 20.0 Å². The number of rotatable bonds is 7. The van der Waals surface area contributed by atoms with Gasteiger partial charge in [-0.1, -0.05) is 24.3 Å². The smallest absolute Gasteiger partial charge is 0.193 e. The molecule has 0 fully saturated rings. The zero-order valence-electron chi connectivity index (χ0n) is 17.4. The second-order valence-electron chi connectivity index (χ2n) is 6.70. The van der Waals surface area contributed by atoms with E-state index >= 15 is 0 Å². The molecule has 0 saturated carbocycles. The lowest BCUT2D eigenvalue weighted by Crippen LogP contribution is -2.39. The normalized spacial score (nSPS) is 11.0. The summed E-state index contributed by atoms with van der Waals surface area (Å²) in [5.41, 5.74) is 2.98. The molecule has 0 aliphatic carbocycles. The van der Waals surface area contributed by atoms with Crippen LogP contribution in [0.3, 0.4) is 0 Å². The number of aromatic nitrogens is 2. The number of hydrogen-bond donors (Lipinski definition) is 2. The highest BCUT2D eigenvalue weighted by molar-refractivity contribution is 14.0. The Labute approximate surface area is 194 Å². The van der Waals surface area contributed by atoms with Crippen LogP contribution in [0.1, 0.15) is 11.1 Å². The van der Waals surface area contributed by atoms with Crippen molar-refractivity contribution in [2.24, 2.45) is 4.99 Å². The Morgan fingerprint density at radius 3 is 2.67 bits per heavy atom. The van der Waals surface area contributed by atoms with E-state index in [1.165, 1.54) is 0 Å². The number of benzene rings is 2. The van der Waals surface area contributed by atoms with Crippen LogP contribution >= 0.6 is 24.0 Å². The van der Waals surface area contributed by atoms with Gasteiger partial charge in [0.2, 0.25) is 0 Å². The molecule has 1 aromatic heterocycles. The van der Waals surface area contributed by atoms with Gasteiger partial charge in [0.05, 0.1) is 19.0 Å². The highest BCUT2D eigenvalue weighted by Gasteiger charge is 2.09. The van der Waals surface area contributed by atoms with Crippen LogP contribution in [0.4, 0.5) is 0 Å². The Morgan fingerprint density at radius 1 is 1.23 bits per heavy atom. The van der Waals surface area contributed by atoms with E-state index in [1.807, 2.05) is 71.5 Å². The number of ether oxygens (including phenoxy) is 1. The zero-order chi connectivity index (χ0) is 20.6. The SMILES string of the molecule is CN=C(NCCc1ccc(OC)cc1O)N(C)Cc1cnn(-c2ccccc2)c1.I. The first kappa shape index (κ1) is 23.5. The predicted molar refractivity (Wildman–Crippen MR) is 130 cm³/mol. The third-order valence-corrected chi connectivity index (χ3v) is 4.62. The minimum Gasteiger partial charge on any atom is -0.508 e. The number of phenolic OH excluding ortho intramolecular Hbond substituents is 1. The lowest BCUT2D eigenvalue weighted by Gasteiger charge is -2.21. The molecule has 7 nitrogen and oxygen atoms in total. The Hall–Kier alpha value is -2.75. The molecule has 0 amide bonds. The van der Waals surface area contributed by atoms with Crippen LogP contribution in [0.5, 0.6) is 11.5 Å². The zero-order valence-corrected chi connectivity index (χ0v) is 19.8. The van der Waals surface area contributed by atoms with Crippen molar-refractivity contribution in [3.05, 3.63) is 72.1 Å². The van der Waals surface area contributed by atoms with Crippen molar-refractivity contribution in [2.75, 3.05) is 27.7 Å². The van der Waals surface area contributed by atoms with Crippen molar-refractivity contribution in [3.63, 3.8) is 0 Å². The lowest BCUT2D eigenvalue weighted by molar-refractivity contribution is 0.406. The number of halogens is 1. The Balaban J connectivity index is 0.00000320. The van der Waals surface area contributed by atoms with E-state index < -0.39 is 0 Å². The maximum absolute atomic E-state index is 10.1. The maximum Gasteiger partial charge on any atom is 0.193 e. The second-order valence-corrected chi connectivity index (χ2v) is 6.70. The van der Waals surface area contributed by atoms with E-state index in [2.05, 4.69) is 15.4 Å². The number of nitrogens with one attached hydrogen (secondary N) is 1. The molecular weight excluding hydrogens is 493 g/mol. The minimum absolute atomic E-state index is 0. The van der Waals surface area contributed by atoms with Gasteiger partial charge in [0.1, 0.15) is 11.5 Å². The number of phenols is 1. The van der Waals surface area contributed by atoms with E-state index in [9.17, 15) is 5.11 Å². The fourth-order valence-corrected chi connectivity index (χ4v) is 3.09. The summed E-state index contributed by atoms with van der Waals surface area (Å²) in [6.45, 7) is 1.33. The second kappa shape index (κ2) is 11.4. The summed E-state index contributed by atoms with van der Waals surface area (Å²) in [5.74, 6) is 1.67. The fourth-order valence-electron chi connectivity index (χ4n) is 3.09. The average Bonchev–Trinajstić information content (AvgIpc) is 3.21. The topological polar surface area (TPSA) is 74.9 Å². The lowest BCUT2D eigenvalue weighted by atomic mass is 10.1. The summed E-state index contributed by atoms with van der Waals surface area (Å²) in [4.78, 5) is 6.39. The van der Waals surface area contributed by atoms with Gasteiger partial charge in [-0.15, -0.1) is 24.0 Å². The minimum atomic E-state index is 0. The molecule has 0 saturated heterocycles. The summed E-state index contributed by atoms with van der Waals surface area (Å²) in [6, 6.07) is 15.4. The number of nitrogens with zero attached hydrogens (tertiary/aromatic N) is 4. The first-order valence-corrected chi connectivity index (χ1v) is 9.47. The van der Waals surface area contributed by atoms with Gasteiger partial charge in [0.25, 0.3) is 0 Å². The molecule has 0 spiro atoms. The predicted octanol–water partition coefficient (Wildman–Crippen LogP) is 3.45. The molecule has 0 radical (unpaired) electrons. The van der Waals surface area contributed by atoms with Gasteiger partial charge < -0.3 is 20.1 Å². The van der Waals surface area contributed by atoms with Gasteiger partial charge in [-0.3, -0.25) is 4.99 Å². The summed E-state index contributed by atoms with van der Waals surface area (Å²) >= 11 is 0. The van der Waals surface area contributed by atoms with Gasteiger partial charge >= 0.3 is 0 Å². The molecule has 0 aliphatic heterocycles. The molecule has 160 valence electrons. The van der Waals surface area contributed by atoms with Crippen LogP contribution in [0.15, 0.2) is 65.9 Å². The van der Waals surface area contributed by atoms with Crippen molar-refractivity contribution in [2.45, 2.75) is 13.0 Å². The molecule has 1 heterocycles. The maximum atomic E-state index is 10.1. The largest absolute Gasteiger partial charge is 0.508 e. The molecule has 2 N–H and O–H groups in total. The van der Waals surface area contributed by atoms with Crippen LogP contribution in [0, 0.1) is 0 Å². The summed E-state index contributed by atoms with van der Waals surface area (Å²) < 4.78 is 6.99. The first-order chi connectivity index (χ1) is 14.1. The van der Waals surface area contributed by atoms with Gasteiger partial charge in [0.15, 0.2) is 5.96 Å². The molecule has 2 aromatic carbocycles. The third-order valence-electron chi connectivity index (χ3n) is 4.62. The number of hydrogen-bond acceptors (Lipinski definition) is 4. The molecule has 30 heavy (non-hydrogen) atoms. The Bertz CT molecular complexity index is 959. The van der Waals surface area contributed by atoms with Crippen LogP contribution in [-0.2, 0) is 13.0 Å². The third kappa shape index (κ3) is 6.12. The number of methoxy groups -OCH3 is 1. The monoisotopic (exact) mass is 521 g/mol. The number of guanidine groups is 1.